The van der Waals surface area contributed by atoms with Crippen LogP contribution < -0.4 is 4.90 Å². The lowest BCUT2D eigenvalue weighted by Crippen LogP contribution is -2.42. The number of non-ortho nitro benzene ring substituents is 1. The number of nitro groups is 1. The predicted octanol–water partition coefficient (Wildman–Crippen LogP) is 2.48. The molecule has 0 aromatic heterocycles. The van der Waals surface area contributed by atoms with Crippen LogP contribution in [0.2, 0.25) is 0 Å². The van der Waals surface area contributed by atoms with Crippen molar-refractivity contribution in [1.29, 1.82) is 0 Å². The summed E-state index contributed by atoms with van der Waals surface area (Å²) in [5, 5.41) is 10.7. The first kappa shape index (κ1) is 13.4. The molecule has 1 heterocycles. The predicted molar refractivity (Wildman–Crippen MR) is 71.7 cm³/mol. The number of halogens is 2. The minimum Gasteiger partial charge on any atom is -0.370 e. The number of carbonyl (C=O) groups is 1. The van der Waals surface area contributed by atoms with Gasteiger partial charge in [0.25, 0.3) is 11.6 Å². The van der Waals surface area contributed by atoms with Crippen molar-refractivity contribution in [2.45, 2.75) is 0 Å². The highest BCUT2D eigenvalue weighted by molar-refractivity contribution is 9.11. The van der Waals surface area contributed by atoms with Gasteiger partial charge < -0.3 is 9.64 Å². The van der Waals surface area contributed by atoms with Crippen LogP contribution in [0, 0.1) is 10.1 Å². The summed E-state index contributed by atoms with van der Waals surface area (Å²) in [5.74, 6) is -0.170. The second-order valence-electron chi connectivity index (χ2n) is 3.61. The topological polar surface area (TPSA) is 72.7 Å². The molecule has 96 valence electrons. The van der Waals surface area contributed by atoms with E-state index in [1.165, 1.54) is 12.1 Å². The third kappa shape index (κ3) is 2.55. The van der Waals surface area contributed by atoms with E-state index in [-0.39, 0.29) is 18.2 Å². The standard InChI is InChI=1S/C10H8Br2N2O4/c11-7-3-6(14(16)17)4-8(12)10(7)13-1-2-18-5-9(13)15/h3-4H,1-2,5H2. The van der Waals surface area contributed by atoms with Gasteiger partial charge in [-0.25, -0.2) is 0 Å². The van der Waals surface area contributed by atoms with Crippen molar-refractivity contribution in [2.75, 3.05) is 24.7 Å². The number of morpholine rings is 1. The Bertz CT molecular complexity index is 498. The van der Waals surface area contributed by atoms with Gasteiger partial charge in [-0.3, -0.25) is 14.9 Å². The van der Waals surface area contributed by atoms with Gasteiger partial charge in [0.2, 0.25) is 0 Å². The van der Waals surface area contributed by atoms with E-state index in [2.05, 4.69) is 31.9 Å². The molecule has 0 aliphatic carbocycles. The Kier molecular flexibility index (Phi) is 3.98. The van der Waals surface area contributed by atoms with E-state index in [0.717, 1.165) is 0 Å². The SMILES string of the molecule is O=C1COCCN1c1c(Br)cc([N+](=O)[O-])cc1Br. The number of rotatable bonds is 2. The summed E-state index contributed by atoms with van der Waals surface area (Å²) in [6, 6.07) is 2.76. The Labute approximate surface area is 119 Å². The fourth-order valence-corrected chi connectivity index (χ4v) is 3.26. The zero-order chi connectivity index (χ0) is 13.3. The molecule has 18 heavy (non-hydrogen) atoms. The lowest BCUT2D eigenvalue weighted by Gasteiger charge is -2.28. The third-order valence-electron chi connectivity index (χ3n) is 2.47. The highest BCUT2D eigenvalue weighted by Crippen LogP contribution is 2.38. The summed E-state index contributed by atoms with van der Waals surface area (Å²) in [4.78, 5) is 23.5. The van der Waals surface area contributed by atoms with Crippen LogP contribution in [0.15, 0.2) is 21.1 Å². The van der Waals surface area contributed by atoms with Crippen LogP contribution in [0.4, 0.5) is 11.4 Å². The first-order valence-electron chi connectivity index (χ1n) is 5.02. The van der Waals surface area contributed by atoms with Gasteiger partial charge in [-0.2, -0.15) is 0 Å². The first-order chi connectivity index (χ1) is 8.50. The smallest absolute Gasteiger partial charge is 0.271 e. The Morgan fingerprint density at radius 1 is 1.33 bits per heavy atom. The van der Waals surface area contributed by atoms with E-state index in [0.29, 0.717) is 27.8 Å². The zero-order valence-corrected chi connectivity index (χ0v) is 12.2. The number of amides is 1. The largest absolute Gasteiger partial charge is 0.370 e. The number of anilines is 1. The molecular weight excluding hydrogens is 372 g/mol. The fraction of sp³-hybridized carbons (Fsp3) is 0.300. The molecule has 0 N–H and O–H groups in total. The van der Waals surface area contributed by atoms with E-state index >= 15 is 0 Å². The van der Waals surface area contributed by atoms with Gasteiger partial charge >= 0.3 is 0 Å². The quantitative estimate of drug-likeness (QED) is 0.584. The van der Waals surface area contributed by atoms with Crippen molar-refractivity contribution < 1.29 is 14.5 Å². The van der Waals surface area contributed by atoms with E-state index in [1.807, 2.05) is 0 Å². The van der Waals surface area contributed by atoms with Gasteiger partial charge in [-0.15, -0.1) is 0 Å². The van der Waals surface area contributed by atoms with Crippen molar-refractivity contribution in [2.24, 2.45) is 0 Å². The molecule has 0 unspecified atom stereocenters. The number of carbonyl (C=O) groups excluding carboxylic acids is 1. The fourth-order valence-electron chi connectivity index (χ4n) is 1.67. The van der Waals surface area contributed by atoms with Crippen molar-refractivity contribution in [3.63, 3.8) is 0 Å². The average molecular weight is 380 g/mol. The van der Waals surface area contributed by atoms with Crippen molar-refractivity contribution in [1.82, 2.24) is 0 Å². The number of nitro benzene ring substituents is 1. The van der Waals surface area contributed by atoms with Gasteiger partial charge in [0, 0.05) is 27.6 Å². The summed E-state index contributed by atoms with van der Waals surface area (Å²) in [5.41, 5.74) is 0.548. The molecule has 0 bridgehead atoms. The van der Waals surface area contributed by atoms with Crippen LogP contribution in [0.3, 0.4) is 0 Å². The van der Waals surface area contributed by atoms with E-state index in [1.54, 1.807) is 4.90 Å². The van der Waals surface area contributed by atoms with Gasteiger partial charge in [0.1, 0.15) is 6.61 Å². The van der Waals surface area contributed by atoms with E-state index in [4.69, 9.17) is 4.74 Å². The highest BCUT2D eigenvalue weighted by atomic mass is 79.9. The minimum atomic E-state index is -0.486. The molecule has 8 heteroatoms. The van der Waals surface area contributed by atoms with Gasteiger partial charge in [0.15, 0.2) is 0 Å². The van der Waals surface area contributed by atoms with Gasteiger partial charge in [-0.1, -0.05) is 0 Å². The second-order valence-corrected chi connectivity index (χ2v) is 5.32. The molecule has 0 saturated carbocycles. The number of hydrogen-bond donors (Lipinski definition) is 0. The molecule has 1 saturated heterocycles. The second kappa shape index (κ2) is 5.33. The molecule has 1 aromatic rings. The summed E-state index contributed by atoms with van der Waals surface area (Å²) < 4.78 is 6.04. The molecule has 1 amide bonds. The molecule has 1 aromatic carbocycles. The first-order valence-corrected chi connectivity index (χ1v) is 6.61. The minimum absolute atomic E-state index is 0.0237. The maximum Gasteiger partial charge on any atom is 0.271 e. The van der Waals surface area contributed by atoms with Crippen LogP contribution in [-0.4, -0.2) is 30.6 Å². The van der Waals surface area contributed by atoms with Crippen LogP contribution >= 0.6 is 31.9 Å². The van der Waals surface area contributed by atoms with Gasteiger partial charge in [-0.05, 0) is 31.9 Å². The van der Waals surface area contributed by atoms with Crippen LogP contribution in [-0.2, 0) is 9.53 Å². The summed E-state index contributed by atoms with van der Waals surface area (Å²) >= 11 is 6.52. The number of hydrogen-bond acceptors (Lipinski definition) is 4. The summed E-state index contributed by atoms with van der Waals surface area (Å²) in [6.45, 7) is 0.894. The zero-order valence-electron chi connectivity index (χ0n) is 9.06. The lowest BCUT2D eigenvalue weighted by molar-refractivity contribution is -0.385. The molecule has 6 nitrogen and oxygen atoms in total. The van der Waals surface area contributed by atoms with Crippen molar-refractivity contribution in [3.8, 4) is 0 Å². The van der Waals surface area contributed by atoms with Gasteiger partial charge in [0.05, 0.1) is 17.2 Å². The number of benzene rings is 1. The lowest BCUT2D eigenvalue weighted by atomic mass is 10.2. The van der Waals surface area contributed by atoms with E-state index < -0.39 is 4.92 Å². The van der Waals surface area contributed by atoms with Crippen LogP contribution in [0.1, 0.15) is 0 Å². The molecule has 0 spiro atoms. The Morgan fingerprint density at radius 2 is 1.94 bits per heavy atom. The molecule has 1 aliphatic rings. The van der Waals surface area contributed by atoms with Crippen molar-refractivity contribution in [3.05, 3.63) is 31.2 Å². The molecule has 0 radical (unpaired) electrons. The molecule has 1 aliphatic heterocycles. The summed E-state index contributed by atoms with van der Waals surface area (Å²) in [7, 11) is 0. The third-order valence-corrected chi connectivity index (χ3v) is 3.68. The highest BCUT2D eigenvalue weighted by Gasteiger charge is 2.25. The summed E-state index contributed by atoms with van der Waals surface area (Å²) in [6.07, 6.45) is 0. The van der Waals surface area contributed by atoms with Crippen molar-refractivity contribution >= 4 is 49.1 Å². The van der Waals surface area contributed by atoms with Crippen LogP contribution in [0.5, 0.6) is 0 Å². The number of nitrogens with zero attached hydrogens (tertiary/aromatic N) is 2. The maximum absolute atomic E-state index is 11.7. The normalized spacial score (nSPS) is 15.9. The Morgan fingerprint density at radius 3 is 2.44 bits per heavy atom. The number of ether oxygens (including phenoxy) is 1. The molecule has 1 fully saturated rings. The average Bonchev–Trinajstić information content (AvgIpc) is 2.30. The monoisotopic (exact) mass is 378 g/mol. The Hall–Kier alpha value is -0.990. The molecule has 2 rings (SSSR count). The Balaban J connectivity index is 2.44. The van der Waals surface area contributed by atoms with Crippen LogP contribution in [0.25, 0.3) is 0 Å². The maximum atomic E-state index is 11.7. The molecular formula is C10H8Br2N2O4. The van der Waals surface area contributed by atoms with E-state index in [9.17, 15) is 14.9 Å². The molecule has 0 atom stereocenters.